The smallest absolute Gasteiger partial charge is 0.266 e. The number of fused-ring (bicyclic) bond motifs is 1. The number of hydrogen-bond donors (Lipinski definition) is 1. The second-order valence-electron chi connectivity index (χ2n) is 7.61. The molecule has 0 aliphatic heterocycles. The Morgan fingerprint density at radius 2 is 1.77 bits per heavy atom. The van der Waals surface area contributed by atoms with Crippen molar-refractivity contribution < 1.29 is 14.3 Å². The fourth-order valence-corrected chi connectivity index (χ4v) is 3.65. The van der Waals surface area contributed by atoms with E-state index in [-0.39, 0.29) is 12.2 Å². The number of ether oxygens (including phenoxy) is 2. The molecule has 6 heteroatoms. The largest absolute Gasteiger partial charge is 0.497 e. The molecule has 0 saturated carbocycles. The van der Waals surface area contributed by atoms with Crippen molar-refractivity contribution in [2.45, 2.75) is 6.61 Å². The van der Waals surface area contributed by atoms with E-state index in [0.29, 0.717) is 28.3 Å². The lowest BCUT2D eigenvalue weighted by Gasteiger charge is -2.13. The predicted octanol–water partition coefficient (Wildman–Crippen LogP) is 5.84. The third kappa shape index (κ3) is 5.30. The summed E-state index contributed by atoms with van der Waals surface area (Å²) in [5.74, 6) is 0.542. The van der Waals surface area contributed by atoms with E-state index in [0.717, 1.165) is 16.3 Å². The van der Waals surface area contributed by atoms with Crippen LogP contribution in [0.4, 0.5) is 5.69 Å². The summed E-state index contributed by atoms with van der Waals surface area (Å²) in [4.78, 5) is 12.9. The predicted molar refractivity (Wildman–Crippen MR) is 135 cm³/mol. The van der Waals surface area contributed by atoms with Gasteiger partial charge in [0.25, 0.3) is 5.91 Å². The molecule has 0 unspecified atom stereocenters. The summed E-state index contributed by atoms with van der Waals surface area (Å²) < 4.78 is 11.3. The van der Waals surface area contributed by atoms with Crippen LogP contribution in [0.5, 0.6) is 11.5 Å². The van der Waals surface area contributed by atoms with Gasteiger partial charge >= 0.3 is 0 Å². The first kappa shape index (κ1) is 23.1. The summed E-state index contributed by atoms with van der Waals surface area (Å²) in [5.41, 5.74) is 2.31. The molecular formula is C29H21N3O3. The van der Waals surface area contributed by atoms with Crippen LogP contribution in [-0.2, 0) is 11.4 Å². The average molecular weight is 460 g/mol. The van der Waals surface area contributed by atoms with Crippen LogP contribution in [0, 0.1) is 22.7 Å². The molecule has 35 heavy (non-hydrogen) atoms. The fraction of sp³-hybridized carbons (Fsp3) is 0.0690. The van der Waals surface area contributed by atoms with Crippen LogP contribution in [0.3, 0.4) is 0 Å². The van der Waals surface area contributed by atoms with Crippen molar-refractivity contribution in [1.82, 2.24) is 0 Å². The molecule has 4 rings (SSSR count). The molecule has 0 aliphatic carbocycles. The number of carbonyl (C=O) groups is 1. The molecule has 1 N–H and O–H groups in total. The zero-order valence-corrected chi connectivity index (χ0v) is 19.0. The first-order valence-electron chi connectivity index (χ1n) is 10.8. The molecule has 1 amide bonds. The monoisotopic (exact) mass is 459 g/mol. The van der Waals surface area contributed by atoms with Crippen LogP contribution in [0.15, 0.2) is 90.5 Å². The van der Waals surface area contributed by atoms with Crippen molar-refractivity contribution in [3.8, 4) is 23.6 Å². The lowest BCUT2D eigenvalue weighted by Crippen LogP contribution is -2.13. The molecule has 6 nitrogen and oxygen atoms in total. The van der Waals surface area contributed by atoms with Gasteiger partial charge in [0.05, 0.1) is 18.7 Å². The van der Waals surface area contributed by atoms with Crippen LogP contribution in [0.1, 0.15) is 16.7 Å². The molecule has 0 spiro atoms. The number of anilines is 1. The Labute approximate surface area is 203 Å². The van der Waals surface area contributed by atoms with Crippen molar-refractivity contribution in [1.29, 1.82) is 10.5 Å². The number of nitriles is 2. The summed E-state index contributed by atoms with van der Waals surface area (Å²) in [6.45, 7) is 0.167. The van der Waals surface area contributed by atoms with Gasteiger partial charge < -0.3 is 14.8 Å². The quantitative estimate of drug-likeness (QED) is 0.276. The number of amides is 1. The summed E-state index contributed by atoms with van der Waals surface area (Å²) in [5, 5.41) is 23.7. The van der Waals surface area contributed by atoms with Gasteiger partial charge in [-0.15, -0.1) is 0 Å². The number of carbonyl (C=O) groups excluding carboxylic acids is 1. The highest BCUT2D eigenvalue weighted by Crippen LogP contribution is 2.31. The molecule has 0 atom stereocenters. The maximum atomic E-state index is 12.9. The highest BCUT2D eigenvalue weighted by Gasteiger charge is 2.15. The number of methoxy groups -OCH3 is 1. The summed E-state index contributed by atoms with van der Waals surface area (Å²) in [6, 6.07) is 29.7. The van der Waals surface area contributed by atoms with Crippen LogP contribution in [0.25, 0.3) is 16.8 Å². The van der Waals surface area contributed by atoms with E-state index in [1.54, 1.807) is 49.6 Å². The highest BCUT2D eigenvalue weighted by molar-refractivity contribution is 6.11. The number of hydrogen-bond acceptors (Lipinski definition) is 5. The van der Waals surface area contributed by atoms with Crippen LogP contribution < -0.4 is 14.8 Å². The molecule has 0 heterocycles. The van der Waals surface area contributed by atoms with E-state index in [4.69, 9.17) is 9.47 Å². The second kappa shape index (κ2) is 10.7. The van der Waals surface area contributed by atoms with E-state index in [1.807, 2.05) is 48.5 Å². The fourth-order valence-electron chi connectivity index (χ4n) is 3.65. The van der Waals surface area contributed by atoms with Crippen molar-refractivity contribution >= 4 is 28.4 Å². The van der Waals surface area contributed by atoms with Crippen LogP contribution >= 0.6 is 0 Å². The molecule has 4 aromatic rings. The molecule has 0 aliphatic rings. The van der Waals surface area contributed by atoms with Crippen LogP contribution in [0.2, 0.25) is 0 Å². The minimum Gasteiger partial charge on any atom is -0.497 e. The maximum Gasteiger partial charge on any atom is 0.266 e. The number of nitrogens with one attached hydrogen (secondary N) is 1. The summed E-state index contributed by atoms with van der Waals surface area (Å²) in [6.07, 6.45) is 1.53. The molecule has 0 aromatic heterocycles. The Kier molecular flexibility index (Phi) is 7.06. The standard InChI is InChI=1S/C29H21N3O3/c1-34-25-11-6-10-24(16-25)32-29(33)23(18-31)15-27-26-12-5-4-7-20(26)13-14-28(27)35-19-22-9-3-2-8-21(22)17-30/h2-16H,19H2,1H3,(H,32,33). The van der Waals surface area contributed by atoms with Gasteiger partial charge in [0, 0.05) is 22.9 Å². The van der Waals surface area contributed by atoms with E-state index in [1.165, 1.54) is 6.08 Å². The van der Waals surface area contributed by atoms with Crippen molar-refractivity contribution in [2.75, 3.05) is 12.4 Å². The molecule has 0 bridgehead atoms. The zero-order chi connectivity index (χ0) is 24.6. The summed E-state index contributed by atoms with van der Waals surface area (Å²) >= 11 is 0. The lowest BCUT2D eigenvalue weighted by atomic mass is 10.0. The van der Waals surface area contributed by atoms with Gasteiger partial charge in [0.1, 0.15) is 29.7 Å². The van der Waals surface area contributed by atoms with Gasteiger partial charge in [-0.1, -0.05) is 54.6 Å². The Morgan fingerprint density at radius 1 is 0.971 bits per heavy atom. The minimum absolute atomic E-state index is 0.0774. The zero-order valence-electron chi connectivity index (χ0n) is 19.0. The topological polar surface area (TPSA) is 95.1 Å². The highest BCUT2D eigenvalue weighted by atomic mass is 16.5. The number of benzene rings is 4. The molecule has 0 fully saturated rings. The lowest BCUT2D eigenvalue weighted by molar-refractivity contribution is -0.112. The third-order valence-corrected chi connectivity index (χ3v) is 5.43. The van der Waals surface area contributed by atoms with Crippen molar-refractivity contribution in [3.05, 3.63) is 107 Å². The first-order valence-corrected chi connectivity index (χ1v) is 10.8. The number of rotatable bonds is 7. The average Bonchev–Trinajstić information content (AvgIpc) is 2.90. The van der Waals surface area contributed by atoms with E-state index in [2.05, 4.69) is 11.4 Å². The minimum atomic E-state index is -0.547. The third-order valence-electron chi connectivity index (χ3n) is 5.43. The van der Waals surface area contributed by atoms with Gasteiger partial charge in [0.15, 0.2) is 0 Å². The molecule has 0 saturated heterocycles. The molecule has 0 radical (unpaired) electrons. The Balaban J connectivity index is 1.70. The van der Waals surface area contributed by atoms with Crippen molar-refractivity contribution in [2.24, 2.45) is 0 Å². The summed E-state index contributed by atoms with van der Waals surface area (Å²) in [7, 11) is 1.54. The first-order chi connectivity index (χ1) is 17.1. The molecule has 170 valence electrons. The van der Waals surface area contributed by atoms with Crippen molar-refractivity contribution in [3.63, 3.8) is 0 Å². The van der Waals surface area contributed by atoms with Crippen LogP contribution in [-0.4, -0.2) is 13.0 Å². The number of nitrogens with zero attached hydrogens (tertiary/aromatic N) is 2. The van der Waals surface area contributed by atoms with Gasteiger partial charge in [0.2, 0.25) is 0 Å². The SMILES string of the molecule is COc1cccc(NC(=O)C(C#N)=Cc2c(OCc3ccccc3C#N)ccc3ccccc23)c1. The normalized spacial score (nSPS) is 10.8. The maximum absolute atomic E-state index is 12.9. The Bertz CT molecular complexity index is 1510. The van der Waals surface area contributed by atoms with E-state index in [9.17, 15) is 15.3 Å². The molecular weight excluding hydrogens is 438 g/mol. The Morgan fingerprint density at radius 3 is 2.57 bits per heavy atom. The Hall–Kier alpha value is -5.07. The van der Waals surface area contributed by atoms with Gasteiger partial charge in [-0.25, -0.2) is 0 Å². The van der Waals surface area contributed by atoms with E-state index >= 15 is 0 Å². The van der Waals surface area contributed by atoms with Gasteiger partial charge in [-0.3, -0.25) is 4.79 Å². The van der Waals surface area contributed by atoms with E-state index < -0.39 is 5.91 Å². The van der Waals surface area contributed by atoms with Gasteiger partial charge in [-0.2, -0.15) is 10.5 Å². The second-order valence-corrected chi connectivity index (χ2v) is 7.61. The van der Waals surface area contributed by atoms with Gasteiger partial charge in [-0.05, 0) is 41.1 Å². The molecule has 4 aromatic carbocycles.